The summed E-state index contributed by atoms with van der Waals surface area (Å²) in [5, 5.41) is 3.10. The van der Waals surface area contributed by atoms with Crippen molar-refractivity contribution in [2.45, 2.75) is 51.2 Å². The lowest BCUT2D eigenvalue weighted by atomic mass is 10.0. The molecule has 21 heavy (non-hydrogen) atoms. The van der Waals surface area contributed by atoms with Crippen LogP contribution < -0.4 is 11.1 Å². The molecule has 4 heteroatoms. The summed E-state index contributed by atoms with van der Waals surface area (Å²) in [5.74, 6) is 0.0124. The summed E-state index contributed by atoms with van der Waals surface area (Å²) in [6.07, 6.45) is 3.73. The second-order valence-corrected chi connectivity index (χ2v) is 5.94. The Hall–Kier alpha value is -1.39. The van der Waals surface area contributed by atoms with Crippen LogP contribution in [0.25, 0.3) is 0 Å². The largest absolute Gasteiger partial charge is 0.352 e. The summed E-state index contributed by atoms with van der Waals surface area (Å²) in [6.45, 7) is 5.11. The molecule has 0 radical (unpaired) electrons. The molecule has 0 aliphatic carbocycles. The van der Waals surface area contributed by atoms with Gasteiger partial charge < -0.3 is 11.1 Å². The van der Waals surface area contributed by atoms with E-state index >= 15 is 0 Å². The van der Waals surface area contributed by atoms with Gasteiger partial charge in [-0.2, -0.15) is 0 Å². The first-order chi connectivity index (χ1) is 10.2. The van der Waals surface area contributed by atoms with Crippen LogP contribution in [0.4, 0.5) is 0 Å². The van der Waals surface area contributed by atoms with Crippen LogP contribution in [0, 0.1) is 0 Å². The highest BCUT2D eigenvalue weighted by atomic mass is 16.2. The molecular formula is C17H27N3O. The molecule has 0 unspecified atom stereocenters. The molecule has 1 fully saturated rings. The Morgan fingerprint density at radius 1 is 1.33 bits per heavy atom. The molecule has 0 spiro atoms. The fourth-order valence-corrected chi connectivity index (χ4v) is 2.83. The van der Waals surface area contributed by atoms with Crippen molar-refractivity contribution in [3.05, 3.63) is 35.9 Å². The van der Waals surface area contributed by atoms with Crippen LogP contribution in [0.1, 0.15) is 38.2 Å². The lowest BCUT2D eigenvalue weighted by molar-refractivity contribution is -0.123. The molecule has 1 aromatic carbocycles. The summed E-state index contributed by atoms with van der Waals surface area (Å²) < 4.78 is 0. The van der Waals surface area contributed by atoms with E-state index in [-0.39, 0.29) is 18.0 Å². The lowest BCUT2D eigenvalue weighted by Gasteiger charge is -2.32. The van der Waals surface area contributed by atoms with Crippen LogP contribution in [0.15, 0.2) is 30.3 Å². The molecular weight excluding hydrogens is 262 g/mol. The number of carbonyl (C=O) groups excluding carboxylic acids is 1. The zero-order valence-corrected chi connectivity index (χ0v) is 12.9. The van der Waals surface area contributed by atoms with E-state index < -0.39 is 0 Å². The van der Waals surface area contributed by atoms with Crippen molar-refractivity contribution in [2.75, 3.05) is 13.1 Å². The van der Waals surface area contributed by atoms with E-state index in [2.05, 4.69) is 41.4 Å². The SMILES string of the molecule is CCC[C@@H](N)C(=O)NC1CCN(Cc2ccccc2)CC1. The van der Waals surface area contributed by atoms with Gasteiger partial charge in [0.15, 0.2) is 0 Å². The predicted octanol–water partition coefficient (Wildman–Crippen LogP) is 1.89. The number of nitrogens with one attached hydrogen (secondary N) is 1. The first kappa shape index (κ1) is 16.0. The summed E-state index contributed by atoms with van der Waals surface area (Å²) in [6, 6.07) is 10.5. The molecule has 1 aliphatic rings. The van der Waals surface area contributed by atoms with Crippen molar-refractivity contribution in [1.29, 1.82) is 0 Å². The third-order valence-electron chi connectivity index (χ3n) is 4.12. The normalized spacial score (nSPS) is 18.4. The standard InChI is InChI=1S/C17H27N3O/c1-2-6-16(18)17(21)19-15-9-11-20(12-10-15)13-14-7-4-3-5-8-14/h3-5,7-8,15-16H,2,6,9-13,18H2,1H3,(H,19,21)/t16-/m1/s1. The van der Waals surface area contributed by atoms with Crippen molar-refractivity contribution in [1.82, 2.24) is 10.2 Å². The van der Waals surface area contributed by atoms with Crippen LogP contribution in [-0.4, -0.2) is 36.0 Å². The number of amides is 1. The van der Waals surface area contributed by atoms with Crippen molar-refractivity contribution in [3.63, 3.8) is 0 Å². The van der Waals surface area contributed by atoms with E-state index in [1.54, 1.807) is 0 Å². The van der Waals surface area contributed by atoms with Gasteiger partial charge in [0.1, 0.15) is 0 Å². The average molecular weight is 289 g/mol. The predicted molar refractivity (Wildman–Crippen MR) is 85.8 cm³/mol. The molecule has 1 saturated heterocycles. The summed E-state index contributed by atoms with van der Waals surface area (Å²) in [4.78, 5) is 14.4. The number of piperidine rings is 1. The zero-order valence-electron chi connectivity index (χ0n) is 12.9. The van der Waals surface area contributed by atoms with Crippen LogP contribution >= 0.6 is 0 Å². The Morgan fingerprint density at radius 2 is 2.00 bits per heavy atom. The highest BCUT2D eigenvalue weighted by Gasteiger charge is 2.22. The van der Waals surface area contributed by atoms with Gasteiger partial charge in [0.25, 0.3) is 0 Å². The molecule has 0 aromatic heterocycles. The molecule has 1 amide bonds. The summed E-state index contributed by atoms with van der Waals surface area (Å²) in [5.41, 5.74) is 7.20. The Morgan fingerprint density at radius 3 is 2.62 bits per heavy atom. The molecule has 116 valence electrons. The van der Waals surface area contributed by atoms with Crippen molar-refractivity contribution >= 4 is 5.91 Å². The second kappa shape index (κ2) is 8.15. The molecule has 0 saturated carbocycles. The van der Waals surface area contributed by atoms with Crippen molar-refractivity contribution < 1.29 is 4.79 Å². The smallest absolute Gasteiger partial charge is 0.237 e. The van der Waals surface area contributed by atoms with Crippen LogP contribution in [0.5, 0.6) is 0 Å². The lowest BCUT2D eigenvalue weighted by Crippen LogP contribution is -2.49. The minimum atomic E-state index is -0.350. The summed E-state index contributed by atoms with van der Waals surface area (Å²) >= 11 is 0. The minimum absolute atomic E-state index is 0.0124. The summed E-state index contributed by atoms with van der Waals surface area (Å²) in [7, 11) is 0. The van der Waals surface area contributed by atoms with Gasteiger partial charge >= 0.3 is 0 Å². The Labute approximate surface area is 127 Å². The van der Waals surface area contributed by atoms with E-state index in [4.69, 9.17) is 5.73 Å². The minimum Gasteiger partial charge on any atom is -0.352 e. The van der Waals surface area contributed by atoms with Gasteiger partial charge in [0.2, 0.25) is 5.91 Å². The topological polar surface area (TPSA) is 58.4 Å². The highest BCUT2D eigenvalue weighted by Crippen LogP contribution is 2.14. The number of likely N-dealkylation sites (tertiary alicyclic amines) is 1. The Balaban J connectivity index is 1.72. The van der Waals surface area contributed by atoms with Gasteiger partial charge in [0, 0.05) is 25.7 Å². The van der Waals surface area contributed by atoms with Crippen LogP contribution in [-0.2, 0) is 11.3 Å². The molecule has 1 aromatic rings. The van der Waals surface area contributed by atoms with Gasteiger partial charge in [-0.1, -0.05) is 43.7 Å². The molecule has 4 nitrogen and oxygen atoms in total. The van der Waals surface area contributed by atoms with Gasteiger partial charge in [-0.05, 0) is 24.8 Å². The third kappa shape index (κ3) is 5.14. The molecule has 2 rings (SSSR count). The highest BCUT2D eigenvalue weighted by molar-refractivity contribution is 5.81. The van der Waals surface area contributed by atoms with Gasteiger partial charge in [0.05, 0.1) is 6.04 Å². The second-order valence-electron chi connectivity index (χ2n) is 5.94. The maximum atomic E-state index is 11.9. The molecule has 1 heterocycles. The van der Waals surface area contributed by atoms with Gasteiger partial charge in [-0.25, -0.2) is 0 Å². The molecule has 1 atom stereocenters. The van der Waals surface area contributed by atoms with E-state index in [9.17, 15) is 4.79 Å². The Bertz CT molecular complexity index is 427. The van der Waals surface area contributed by atoms with E-state index in [1.807, 2.05) is 6.07 Å². The fourth-order valence-electron chi connectivity index (χ4n) is 2.83. The van der Waals surface area contributed by atoms with Crippen molar-refractivity contribution in [3.8, 4) is 0 Å². The van der Waals surface area contributed by atoms with Gasteiger partial charge in [-0.3, -0.25) is 9.69 Å². The van der Waals surface area contributed by atoms with Crippen LogP contribution in [0.3, 0.4) is 0 Å². The molecule has 0 bridgehead atoms. The number of hydrogen-bond donors (Lipinski definition) is 2. The van der Waals surface area contributed by atoms with E-state index in [0.29, 0.717) is 0 Å². The van der Waals surface area contributed by atoms with E-state index in [0.717, 1.165) is 45.3 Å². The first-order valence-electron chi connectivity index (χ1n) is 8.01. The zero-order chi connectivity index (χ0) is 15.1. The Kier molecular flexibility index (Phi) is 6.21. The van der Waals surface area contributed by atoms with E-state index in [1.165, 1.54) is 5.56 Å². The quantitative estimate of drug-likeness (QED) is 0.841. The fraction of sp³-hybridized carbons (Fsp3) is 0.588. The first-order valence-corrected chi connectivity index (χ1v) is 8.01. The number of nitrogens with zero attached hydrogens (tertiary/aromatic N) is 1. The molecule has 1 aliphatic heterocycles. The van der Waals surface area contributed by atoms with Crippen LogP contribution in [0.2, 0.25) is 0 Å². The third-order valence-corrected chi connectivity index (χ3v) is 4.12. The van der Waals surface area contributed by atoms with Gasteiger partial charge in [-0.15, -0.1) is 0 Å². The van der Waals surface area contributed by atoms with Crippen molar-refractivity contribution in [2.24, 2.45) is 5.73 Å². The number of rotatable bonds is 6. The number of carbonyl (C=O) groups is 1. The molecule has 3 N–H and O–H groups in total. The number of hydrogen-bond acceptors (Lipinski definition) is 3. The number of benzene rings is 1. The number of nitrogens with two attached hydrogens (primary N) is 1. The average Bonchev–Trinajstić information content (AvgIpc) is 2.50. The monoisotopic (exact) mass is 289 g/mol. The maximum absolute atomic E-state index is 11.9. The maximum Gasteiger partial charge on any atom is 0.237 e.